The first-order chi connectivity index (χ1) is 27.1. The van der Waals surface area contributed by atoms with Crippen molar-refractivity contribution in [3.63, 3.8) is 0 Å². The molecule has 0 radical (unpaired) electrons. The fourth-order valence-electron chi connectivity index (χ4n) is 8.39. The van der Waals surface area contributed by atoms with Gasteiger partial charge in [-0.3, -0.25) is 24.1 Å². The van der Waals surface area contributed by atoms with Gasteiger partial charge in [0, 0.05) is 52.5 Å². The Hall–Kier alpha value is -3.43. The van der Waals surface area contributed by atoms with Crippen molar-refractivity contribution in [3.8, 4) is 0 Å². The van der Waals surface area contributed by atoms with E-state index in [-0.39, 0.29) is 59.9 Å². The van der Waals surface area contributed by atoms with Crippen LogP contribution in [0.25, 0.3) is 0 Å². The molecule has 320 valence electrons. The molecule has 57 heavy (non-hydrogen) atoms. The van der Waals surface area contributed by atoms with Gasteiger partial charge in [0.05, 0.1) is 48.7 Å². The third-order valence-corrected chi connectivity index (χ3v) is 12.6. The number of hydrogen-bond acceptors (Lipinski definition) is 10. The lowest BCUT2D eigenvalue weighted by molar-refractivity contribution is -0.148. The van der Waals surface area contributed by atoms with Crippen molar-refractivity contribution in [3.05, 3.63) is 52.5 Å². The van der Waals surface area contributed by atoms with Crippen molar-refractivity contribution in [2.75, 3.05) is 47.9 Å². The van der Waals surface area contributed by atoms with Gasteiger partial charge in [-0.1, -0.05) is 85.2 Å². The number of nitrogens with one attached hydrogen (secondary N) is 2. The molecule has 9 unspecified atom stereocenters. The van der Waals surface area contributed by atoms with Crippen molar-refractivity contribution in [2.45, 2.75) is 123 Å². The molecule has 1 aliphatic heterocycles. The van der Waals surface area contributed by atoms with E-state index in [0.29, 0.717) is 32.5 Å². The molecule has 2 aromatic rings. The number of thiazole rings is 1. The van der Waals surface area contributed by atoms with Gasteiger partial charge in [-0.25, -0.2) is 4.98 Å². The van der Waals surface area contributed by atoms with Crippen molar-refractivity contribution < 1.29 is 28.7 Å². The molecule has 14 heteroatoms. The fourth-order valence-corrected chi connectivity index (χ4v) is 9.08. The quantitative estimate of drug-likeness (QED) is 0.147. The number of amides is 4. The number of methoxy groups -OCH3 is 2. The van der Waals surface area contributed by atoms with Crippen molar-refractivity contribution in [1.29, 1.82) is 0 Å². The maximum absolute atomic E-state index is 14.4. The van der Waals surface area contributed by atoms with Gasteiger partial charge in [0.25, 0.3) is 0 Å². The van der Waals surface area contributed by atoms with Crippen LogP contribution in [0.3, 0.4) is 0 Å². The van der Waals surface area contributed by atoms with E-state index < -0.39 is 36.3 Å². The number of likely N-dealkylation sites (N-methyl/N-ethyl adjacent to an activating group) is 2. The summed E-state index contributed by atoms with van der Waals surface area (Å²) in [6, 6.07) is 7.70. The predicted molar refractivity (Wildman–Crippen MR) is 226 cm³/mol. The summed E-state index contributed by atoms with van der Waals surface area (Å²) in [5.41, 5.74) is 6.90. The van der Waals surface area contributed by atoms with E-state index in [9.17, 15) is 19.2 Å². The lowest BCUT2D eigenvalue weighted by Crippen LogP contribution is -2.60. The number of nitrogens with zero attached hydrogens (tertiary/aromatic N) is 4. The maximum Gasteiger partial charge on any atom is 0.245 e. The Labute approximate surface area is 345 Å². The summed E-state index contributed by atoms with van der Waals surface area (Å²) >= 11 is 1.50. The normalized spacial score (nSPS) is 18.8. The van der Waals surface area contributed by atoms with Crippen LogP contribution in [0.15, 0.2) is 41.9 Å². The zero-order valence-electron chi connectivity index (χ0n) is 36.3. The summed E-state index contributed by atoms with van der Waals surface area (Å²) < 4.78 is 12.1. The smallest absolute Gasteiger partial charge is 0.245 e. The Morgan fingerprint density at radius 1 is 0.982 bits per heavy atom. The zero-order valence-corrected chi connectivity index (χ0v) is 37.1. The average Bonchev–Trinajstić information content (AvgIpc) is 3.90. The lowest BCUT2D eigenvalue weighted by atomic mass is 9.89. The summed E-state index contributed by atoms with van der Waals surface area (Å²) in [5.74, 6) is -1.50. The predicted octanol–water partition coefficient (Wildman–Crippen LogP) is 4.52. The number of benzene rings is 1. The first-order valence-electron chi connectivity index (χ1n) is 20.7. The molecule has 1 saturated heterocycles. The van der Waals surface area contributed by atoms with Gasteiger partial charge in [-0.2, -0.15) is 0 Å². The minimum absolute atomic E-state index is 0.00325. The van der Waals surface area contributed by atoms with Gasteiger partial charge in [-0.05, 0) is 49.6 Å². The van der Waals surface area contributed by atoms with Crippen LogP contribution in [0, 0.1) is 23.7 Å². The van der Waals surface area contributed by atoms with Crippen LogP contribution in [-0.2, 0) is 35.1 Å². The molecule has 4 amide bonds. The molecule has 0 aliphatic carbocycles. The second-order valence-corrected chi connectivity index (χ2v) is 17.3. The van der Waals surface area contributed by atoms with Gasteiger partial charge in [0.15, 0.2) is 0 Å². The Balaban J connectivity index is 1.79. The van der Waals surface area contributed by atoms with E-state index in [1.54, 1.807) is 32.4 Å². The first kappa shape index (κ1) is 47.9. The SMILES string of the molecule is CCC(C)C(C(CC(=O)N1CCCC1C(OC)C(C)C(=O)NC(Cc1ccccc1)c1nccs1)OC)N(C)C(=O)C(NC(=O)C(C(C)C)N(C)CCN)C(C)C. The highest BCUT2D eigenvalue weighted by Gasteiger charge is 2.43. The molecular formula is C43H71N7O6S. The van der Waals surface area contributed by atoms with Crippen LogP contribution in [-0.4, -0.2) is 128 Å². The molecule has 2 heterocycles. The molecule has 1 aromatic carbocycles. The maximum atomic E-state index is 14.4. The minimum Gasteiger partial charge on any atom is -0.379 e. The van der Waals surface area contributed by atoms with Gasteiger partial charge in [0.2, 0.25) is 23.6 Å². The number of aromatic nitrogens is 1. The monoisotopic (exact) mass is 814 g/mol. The third-order valence-electron chi connectivity index (χ3n) is 11.7. The van der Waals surface area contributed by atoms with E-state index in [4.69, 9.17) is 15.2 Å². The van der Waals surface area contributed by atoms with Gasteiger partial charge in [-0.15, -0.1) is 11.3 Å². The summed E-state index contributed by atoms with van der Waals surface area (Å²) in [4.78, 5) is 66.3. The topological polar surface area (TPSA) is 159 Å². The second kappa shape index (κ2) is 23.2. The molecule has 13 nitrogen and oxygen atoms in total. The molecule has 4 N–H and O–H groups in total. The summed E-state index contributed by atoms with van der Waals surface area (Å²) in [6.45, 7) is 15.3. The van der Waals surface area contributed by atoms with E-state index >= 15 is 0 Å². The summed E-state index contributed by atoms with van der Waals surface area (Å²) in [7, 11) is 6.79. The highest BCUT2D eigenvalue weighted by atomic mass is 32.1. The Kier molecular flexibility index (Phi) is 19.5. The molecule has 1 fully saturated rings. The number of rotatable bonds is 23. The van der Waals surface area contributed by atoms with Crippen molar-refractivity contribution >= 4 is 35.0 Å². The van der Waals surface area contributed by atoms with E-state index in [2.05, 4.69) is 29.5 Å². The summed E-state index contributed by atoms with van der Waals surface area (Å²) in [6.07, 6.45) is 3.43. The molecule has 1 aromatic heterocycles. The largest absolute Gasteiger partial charge is 0.379 e. The van der Waals surface area contributed by atoms with Crippen LogP contribution in [0.4, 0.5) is 0 Å². The van der Waals surface area contributed by atoms with Crippen molar-refractivity contribution in [2.24, 2.45) is 29.4 Å². The average molecular weight is 814 g/mol. The van der Waals surface area contributed by atoms with Crippen LogP contribution < -0.4 is 16.4 Å². The first-order valence-corrected chi connectivity index (χ1v) is 21.5. The van der Waals surface area contributed by atoms with E-state index in [0.717, 1.165) is 23.4 Å². The molecular weight excluding hydrogens is 743 g/mol. The van der Waals surface area contributed by atoms with Crippen LogP contribution in [0.2, 0.25) is 0 Å². The number of hydrogen-bond donors (Lipinski definition) is 3. The lowest BCUT2D eigenvalue weighted by Gasteiger charge is -2.41. The van der Waals surface area contributed by atoms with Gasteiger partial charge in [0.1, 0.15) is 11.0 Å². The van der Waals surface area contributed by atoms with E-state index in [1.165, 1.54) is 11.3 Å². The number of ether oxygens (including phenoxy) is 2. The van der Waals surface area contributed by atoms with Crippen LogP contribution in [0.5, 0.6) is 0 Å². The number of likely N-dealkylation sites (tertiary alicyclic amines) is 1. The molecule has 9 atom stereocenters. The molecule has 0 spiro atoms. The minimum atomic E-state index is -0.782. The molecule has 3 rings (SSSR count). The molecule has 0 bridgehead atoms. The summed E-state index contributed by atoms with van der Waals surface area (Å²) in [5, 5.41) is 9.04. The highest BCUT2D eigenvalue weighted by molar-refractivity contribution is 7.09. The highest BCUT2D eigenvalue weighted by Crippen LogP contribution is 2.30. The third kappa shape index (κ3) is 12.8. The standard InChI is InChI=1S/C43H71N7O6S/c1-12-29(6)38(49(9)43(54)36(27(2)3)47-41(53)37(28(4)5)48(8)23-20-44)34(55-10)26-35(51)50-22-16-19-33(50)39(56-11)30(7)40(52)46-32(42-45-21-24-57-42)25-31-17-14-13-15-18-31/h13-15,17-18,21,24,27-30,32-34,36-39H,12,16,19-20,22-23,25-26,44H2,1-11H3,(H,46,52)(H,47,53). The van der Waals surface area contributed by atoms with Crippen molar-refractivity contribution in [1.82, 2.24) is 30.3 Å². The Morgan fingerprint density at radius 3 is 2.21 bits per heavy atom. The zero-order chi connectivity index (χ0) is 42.4. The van der Waals surface area contributed by atoms with Gasteiger partial charge >= 0.3 is 0 Å². The Morgan fingerprint density at radius 2 is 1.67 bits per heavy atom. The second-order valence-electron chi connectivity index (χ2n) is 16.4. The van der Waals surface area contributed by atoms with Crippen LogP contribution in [0.1, 0.15) is 90.8 Å². The number of nitrogens with two attached hydrogens (primary N) is 1. The van der Waals surface area contributed by atoms with Crippen LogP contribution >= 0.6 is 11.3 Å². The number of carbonyl (C=O) groups excluding carboxylic acids is 4. The molecule has 1 aliphatic rings. The molecule has 0 saturated carbocycles. The Bertz CT molecular complexity index is 1530. The fraction of sp³-hybridized carbons (Fsp3) is 0.698. The van der Waals surface area contributed by atoms with E-state index in [1.807, 2.05) is 87.2 Å². The van der Waals surface area contributed by atoms with Gasteiger partial charge < -0.3 is 35.6 Å². The number of carbonyl (C=O) groups is 4.